The van der Waals surface area contributed by atoms with Crippen molar-refractivity contribution in [3.05, 3.63) is 0 Å². The van der Waals surface area contributed by atoms with Gasteiger partial charge < -0.3 is 10.6 Å². The number of nitrogens with two attached hydrogens (primary N) is 1. The van der Waals surface area contributed by atoms with E-state index in [1.54, 1.807) is 0 Å². The van der Waals surface area contributed by atoms with E-state index < -0.39 is 0 Å². The molecule has 0 aromatic carbocycles. The zero-order chi connectivity index (χ0) is 5.28. The van der Waals surface area contributed by atoms with Gasteiger partial charge in [-0.05, 0) is 6.92 Å². The molecule has 0 unspecified atom stereocenters. The van der Waals surface area contributed by atoms with Crippen molar-refractivity contribution in [2.24, 2.45) is 10.9 Å². The second-order valence-corrected chi connectivity index (χ2v) is 1.70. The van der Waals surface area contributed by atoms with Crippen LogP contribution >= 0.6 is 0 Å². The number of oxime groups is 1. The van der Waals surface area contributed by atoms with Crippen LogP contribution in [0.15, 0.2) is 5.16 Å². The monoisotopic (exact) mass is 100 g/mol. The van der Waals surface area contributed by atoms with Gasteiger partial charge in [-0.3, -0.25) is 0 Å². The lowest BCUT2D eigenvalue weighted by Crippen LogP contribution is -2.10. The number of amidine groups is 1. The third-order valence-corrected chi connectivity index (χ3v) is 0.846. The van der Waals surface area contributed by atoms with Gasteiger partial charge in [0.15, 0.2) is 0 Å². The fourth-order valence-corrected chi connectivity index (χ4v) is 0.527. The quantitative estimate of drug-likeness (QED) is 0.468. The molecule has 1 rings (SSSR count). The van der Waals surface area contributed by atoms with Crippen molar-refractivity contribution in [1.82, 2.24) is 0 Å². The van der Waals surface area contributed by atoms with Crippen molar-refractivity contribution in [2.45, 2.75) is 19.4 Å². The Morgan fingerprint density at radius 2 is 2.71 bits per heavy atom. The molecule has 0 aromatic heterocycles. The van der Waals surface area contributed by atoms with Crippen LogP contribution in [0, 0.1) is 0 Å². The van der Waals surface area contributed by atoms with Gasteiger partial charge in [-0.1, -0.05) is 5.16 Å². The van der Waals surface area contributed by atoms with Gasteiger partial charge in [0.05, 0.1) is 0 Å². The van der Waals surface area contributed by atoms with E-state index in [0.29, 0.717) is 5.84 Å². The summed E-state index contributed by atoms with van der Waals surface area (Å²) in [5, 5.41) is 3.51. The first-order valence-corrected chi connectivity index (χ1v) is 2.27. The summed E-state index contributed by atoms with van der Waals surface area (Å²) in [7, 11) is 0. The largest absolute Gasteiger partial charge is 0.391 e. The number of nitrogens with zero attached hydrogens (tertiary/aromatic N) is 1. The lowest BCUT2D eigenvalue weighted by atomic mass is 10.3. The Morgan fingerprint density at radius 3 is 2.86 bits per heavy atom. The van der Waals surface area contributed by atoms with Crippen molar-refractivity contribution in [2.75, 3.05) is 0 Å². The van der Waals surface area contributed by atoms with Crippen molar-refractivity contribution in [3.63, 3.8) is 0 Å². The van der Waals surface area contributed by atoms with Crippen LogP contribution in [0.4, 0.5) is 0 Å². The first-order chi connectivity index (χ1) is 3.29. The smallest absolute Gasteiger partial charge is 0.143 e. The highest BCUT2D eigenvalue weighted by molar-refractivity contribution is 5.81. The number of rotatable bonds is 0. The van der Waals surface area contributed by atoms with Crippen LogP contribution in [-0.4, -0.2) is 11.9 Å². The molecule has 0 fully saturated rings. The summed E-state index contributed by atoms with van der Waals surface area (Å²) in [4.78, 5) is 4.73. The highest BCUT2D eigenvalue weighted by Crippen LogP contribution is 2.04. The van der Waals surface area contributed by atoms with Gasteiger partial charge in [0.25, 0.3) is 0 Å². The molecule has 0 saturated carbocycles. The van der Waals surface area contributed by atoms with E-state index in [2.05, 4.69) is 5.16 Å². The summed E-state index contributed by atoms with van der Waals surface area (Å²) in [6.07, 6.45) is 0.972. The zero-order valence-corrected chi connectivity index (χ0v) is 4.22. The Kier molecular flexibility index (Phi) is 0.889. The predicted molar refractivity (Wildman–Crippen MR) is 26.8 cm³/mol. The highest BCUT2D eigenvalue weighted by Gasteiger charge is 2.11. The van der Waals surface area contributed by atoms with Crippen molar-refractivity contribution < 1.29 is 4.84 Å². The van der Waals surface area contributed by atoms with E-state index in [0.717, 1.165) is 6.42 Å². The van der Waals surface area contributed by atoms with Crippen LogP contribution in [0.25, 0.3) is 0 Å². The van der Waals surface area contributed by atoms with Crippen molar-refractivity contribution in [1.29, 1.82) is 0 Å². The Bertz CT molecular complexity index is 99.9. The second kappa shape index (κ2) is 1.40. The van der Waals surface area contributed by atoms with Gasteiger partial charge in [-0.15, -0.1) is 0 Å². The fourth-order valence-electron chi connectivity index (χ4n) is 0.527. The third kappa shape index (κ3) is 0.824. The molecule has 0 bridgehead atoms. The molecule has 7 heavy (non-hydrogen) atoms. The molecular formula is C4H8N2O. The first-order valence-electron chi connectivity index (χ1n) is 2.27. The van der Waals surface area contributed by atoms with Crippen LogP contribution in [0.3, 0.4) is 0 Å². The molecule has 3 nitrogen and oxygen atoms in total. The Balaban J connectivity index is 2.42. The van der Waals surface area contributed by atoms with Gasteiger partial charge >= 0.3 is 0 Å². The van der Waals surface area contributed by atoms with Gasteiger partial charge in [-0.2, -0.15) is 0 Å². The van der Waals surface area contributed by atoms with Crippen LogP contribution < -0.4 is 5.73 Å². The molecule has 1 heterocycles. The number of hydrogen-bond acceptors (Lipinski definition) is 3. The molecule has 0 aliphatic carbocycles. The first kappa shape index (κ1) is 4.43. The molecule has 0 amide bonds. The molecule has 3 heteroatoms. The lowest BCUT2D eigenvalue weighted by Gasteiger charge is -1.93. The van der Waals surface area contributed by atoms with Gasteiger partial charge in [-0.25, -0.2) is 0 Å². The minimum Gasteiger partial charge on any atom is -0.391 e. The Morgan fingerprint density at radius 1 is 2.00 bits per heavy atom. The van der Waals surface area contributed by atoms with E-state index in [1.807, 2.05) is 6.92 Å². The van der Waals surface area contributed by atoms with E-state index >= 15 is 0 Å². The molecule has 0 radical (unpaired) electrons. The van der Waals surface area contributed by atoms with Crippen molar-refractivity contribution >= 4 is 5.84 Å². The van der Waals surface area contributed by atoms with E-state index in [4.69, 9.17) is 10.6 Å². The maximum atomic E-state index is 5.25. The summed E-state index contributed by atoms with van der Waals surface area (Å²) < 4.78 is 0. The van der Waals surface area contributed by atoms with E-state index in [1.165, 1.54) is 0 Å². The molecule has 1 aliphatic heterocycles. The topological polar surface area (TPSA) is 47.6 Å². The average Bonchev–Trinajstić information content (AvgIpc) is 1.87. The third-order valence-electron chi connectivity index (χ3n) is 0.846. The molecule has 0 saturated heterocycles. The predicted octanol–water partition coefficient (Wildman–Crippen LogP) is 0.0674. The maximum absolute atomic E-state index is 5.25. The molecule has 2 N–H and O–H groups in total. The van der Waals surface area contributed by atoms with Crippen molar-refractivity contribution in [3.8, 4) is 0 Å². The minimum absolute atomic E-state index is 0.194. The maximum Gasteiger partial charge on any atom is 0.143 e. The fraction of sp³-hybridized carbons (Fsp3) is 0.750. The molecule has 1 atom stereocenters. The van der Waals surface area contributed by atoms with Gasteiger partial charge in [0.1, 0.15) is 11.9 Å². The molecule has 40 valence electrons. The Hall–Kier alpha value is -0.730. The molecule has 0 aromatic rings. The number of hydrogen-bond donors (Lipinski definition) is 1. The zero-order valence-electron chi connectivity index (χ0n) is 4.22. The van der Waals surface area contributed by atoms with Gasteiger partial charge in [0.2, 0.25) is 0 Å². The Labute approximate surface area is 42.1 Å². The summed E-state index contributed by atoms with van der Waals surface area (Å²) in [6.45, 7) is 1.93. The van der Waals surface area contributed by atoms with Crippen LogP contribution in [0.1, 0.15) is 13.3 Å². The summed E-state index contributed by atoms with van der Waals surface area (Å²) >= 11 is 0. The van der Waals surface area contributed by atoms with E-state index in [-0.39, 0.29) is 6.10 Å². The summed E-state index contributed by atoms with van der Waals surface area (Å²) in [5.74, 6) is 0.604. The summed E-state index contributed by atoms with van der Waals surface area (Å²) in [6, 6.07) is 0. The summed E-state index contributed by atoms with van der Waals surface area (Å²) in [5.41, 5.74) is 5.25. The van der Waals surface area contributed by atoms with Gasteiger partial charge in [0, 0.05) is 6.42 Å². The van der Waals surface area contributed by atoms with Crippen LogP contribution in [0.5, 0.6) is 0 Å². The SMILES string of the molecule is C[C@H]1CC(N)=NO1. The average molecular weight is 100 g/mol. The molecule has 0 spiro atoms. The normalized spacial score (nSPS) is 29.3. The molecule has 1 aliphatic rings. The molecular weight excluding hydrogens is 92.1 g/mol. The van der Waals surface area contributed by atoms with Crippen LogP contribution in [-0.2, 0) is 4.84 Å². The lowest BCUT2D eigenvalue weighted by molar-refractivity contribution is 0.0995. The van der Waals surface area contributed by atoms with E-state index in [9.17, 15) is 0 Å². The second-order valence-electron chi connectivity index (χ2n) is 1.70. The minimum atomic E-state index is 0.194. The standard InChI is InChI=1S/C4H8N2O/c1-3-2-4(5)6-7-3/h3H,2H2,1H3,(H2,5,6)/t3-/m0/s1. The highest BCUT2D eigenvalue weighted by atomic mass is 16.6. The van der Waals surface area contributed by atoms with Crippen LogP contribution in [0.2, 0.25) is 0 Å².